The van der Waals surface area contributed by atoms with E-state index in [9.17, 15) is 9.59 Å². The van der Waals surface area contributed by atoms with Gasteiger partial charge in [-0.1, -0.05) is 12.1 Å². The van der Waals surface area contributed by atoms with Crippen LogP contribution in [0.1, 0.15) is 17.3 Å². The lowest BCUT2D eigenvalue weighted by molar-refractivity contribution is -0.142. The summed E-state index contributed by atoms with van der Waals surface area (Å²) in [7, 11) is 1.31. The Morgan fingerprint density at radius 3 is 2.38 bits per heavy atom. The van der Waals surface area contributed by atoms with E-state index in [1.807, 2.05) is 31.2 Å². The number of nitrogens with two attached hydrogens (primary N) is 1. The fourth-order valence-corrected chi connectivity index (χ4v) is 3.02. The van der Waals surface area contributed by atoms with Crippen molar-refractivity contribution in [3.63, 3.8) is 0 Å². The third kappa shape index (κ3) is 2.46. The Hall–Kier alpha value is -3.02. The molecule has 124 valence electrons. The van der Waals surface area contributed by atoms with Gasteiger partial charge in [0.15, 0.2) is 6.61 Å². The summed E-state index contributed by atoms with van der Waals surface area (Å²) < 4.78 is 12.3. The van der Waals surface area contributed by atoms with E-state index in [1.165, 1.54) is 7.11 Å². The molecule has 0 radical (unpaired) electrons. The Balaban J connectivity index is 2.33. The topological polar surface area (TPSA) is 83.6 Å². The average molecular weight is 326 g/mol. The number of rotatable bonds is 5. The molecule has 24 heavy (non-hydrogen) atoms. The number of benzene rings is 2. The lowest BCUT2D eigenvalue weighted by Crippen LogP contribution is -2.13. The van der Waals surface area contributed by atoms with E-state index in [4.69, 9.17) is 10.5 Å². The summed E-state index contributed by atoms with van der Waals surface area (Å²) in [4.78, 5) is 23.3. The molecule has 0 aliphatic heterocycles. The monoisotopic (exact) mass is 326 g/mol. The highest BCUT2D eigenvalue weighted by Crippen LogP contribution is 2.37. The molecule has 0 unspecified atom stereocenters. The van der Waals surface area contributed by atoms with E-state index in [2.05, 4.69) is 9.30 Å². The molecular weight excluding hydrogens is 308 g/mol. The smallest absolute Gasteiger partial charge is 0.343 e. The molecule has 0 aliphatic rings. The number of carbonyl (C=O) groups is 2. The van der Waals surface area contributed by atoms with E-state index >= 15 is 0 Å². The van der Waals surface area contributed by atoms with Crippen LogP contribution in [0.25, 0.3) is 21.8 Å². The lowest BCUT2D eigenvalue weighted by Gasteiger charge is -2.07. The van der Waals surface area contributed by atoms with Crippen LogP contribution in [0.3, 0.4) is 0 Å². The van der Waals surface area contributed by atoms with Gasteiger partial charge in [-0.25, -0.2) is 4.79 Å². The SMILES string of the molecule is CCn1c2cccc(OCC(=O)OC)c2c2c(C(N)=O)cccc21. The Kier molecular flexibility index (Phi) is 4.12. The van der Waals surface area contributed by atoms with Gasteiger partial charge in [-0.2, -0.15) is 0 Å². The summed E-state index contributed by atoms with van der Waals surface area (Å²) in [5, 5.41) is 1.51. The van der Waals surface area contributed by atoms with Crippen LogP contribution in [0, 0.1) is 0 Å². The fourth-order valence-electron chi connectivity index (χ4n) is 3.02. The molecule has 1 heterocycles. The number of aryl methyl sites for hydroxylation is 1. The van der Waals surface area contributed by atoms with Gasteiger partial charge in [-0.15, -0.1) is 0 Å². The Labute approximate surface area is 138 Å². The molecule has 0 fully saturated rings. The minimum atomic E-state index is -0.501. The molecule has 3 rings (SSSR count). The second-order valence-electron chi connectivity index (χ2n) is 5.32. The Morgan fingerprint density at radius 2 is 1.75 bits per heavy atom. The number of hydrogen-bond donors (Lipinski definition) is 1. The molecule has 6 heteroatoms. The summed E-state index contributed by atoms with van der Waals surface area (Å²) in [6, 6.07) is 11.0. The standard InChI is InChI=1S/C18H18N2O4/c1-3-20-12-7-4-6-11(18(19)22)16(12)17-13(20)8-5-9-14(17)24-10-15(21)23-2/h4-9H,3,10H2,1-2H3,(H2,19,22). The molecule has 2 aromatic carbocycles. The van der Waals surface area contributed by atoms with Crippen LogP contribution < -0.4 is 10.5 Å². The zero-order valence-electron chi connectivity index (χ0n) is 13.5. The molecule has 1 aromatic heterocycles. The van der Waals surface area contributed by atoms with Crippen molar-refractivity contribution in [3.8, 4) is 5.75 Å². The number of hydrogen-bond acceptors (Lipinski definition) is 4. The van der Waals surface area contributed by atoms with Crippen LogP contribution in [-0.4, -0.2) is 30.2 Å². The van der Waals surface area contributed by atoms with Gasteiger partial charge in [0.05, 0.1) is 23.5 Å². The van der Waals surface area contributed by atoms with E-state index in [0.717, 1.165) is 28.4 Å². The van der Waals surface area contributed by atoms with Crippen LogP contribution in [-0.2, 0) is 16.1 Å². The molecule has 1 amide bonds. The first-order chi connectivity index (χ1) is 11.6. The predicted octanol–water partition coefficient (Wildman–Crippen LogP) is 2.47. The van der Waals surface area contributed by atoms with Crippen LogP contribution >= 0.6 is 0 Å². The van der Waals surface area contributed by atoms with Crippen LogP contribution in [0.5, 0.6) is 5.75 Å². The third-order valence-corrected chi connectivity index (χ3v) is 4.03. The van der Waals surface area contributed by atoms with Crippen molar-refractivity contribution < 1.29 is 19.1 Å². The van der Waals surface area contributed by atoms with Crippen LogP contribution in [0.15, 0.2) is 36.4 Å². The molecule has 6 nitrogen and oxygen atoms in total. The third-order valence-electron chi connectivity index (χ3n) is 4.03. The summed E-state index contributed by atoms with van der Waals surface area (Å²) in [6.45, 7) is 2.55. The van der Waals surface area contributed by atoms with E-state index in [-0.39, 0.29) is 6.61 Å². The van der Waals surface area contributed by atoms with Gasteiger partial charge in [0.2, 0.25) is 5.91 Å². The number of carbonyl (C=O) groups excluding carboxylic acids is 2. The second kappa shape index (κ2) is 6.23. The largest absolute Gasteiger partial charge is 0.481 e. The molecular formula is C18H18N2O4. The lowest BCUT2D eigenvalue weighted by atomic mass is 10.1. The minimum absolute atomic E-state index is 0.201. The first-order valence-corrected chi connectivity index (χ1v) is 7.61. The zero-order valence-corrected chi connectivity index (χ0v) is 13.5. The van der Waals surface area contributed by atoms with E-state index in [0.29, 0.717) is 11.3 Å². The number of fused-ring (bicyclic) bond motifs is 3. The maximum Gasteiger partial charge on any atom is 0.343 e. The van der Waals surface area contributed by atoms with Gasteiger partial charge in [0, 0.05) is 17.5 Å². The fraction of sp³-hybridized carbons (Fsp3) is 0.222. The van der Waals surface area contributed by atoms with Crippen molar-refractivity contribution >= 4 is 33.7 Å². The Bertz CT molecular complexity index is 943. The summed E-state index contributed by atoms with van der Waals surface area (Å²) in [5.41, 5.74) is 7.80. The maximum absolute atomic E-state index is 11.9. The summed E-state index contributed by atoms with van der Waals surface area (Å²) in [6.07, 6.45) is 0. The number of amides is 1. The number of primary amides is 1. The number of nitrogens with zero attached hydrogens (tertiary/aromatic N) is 1. The van der Waals surface area contributed by atoms with E-state index < -0.39 is 11.9 Å². The second-order valence-corrected chi connectivity index (χ2v) is 5.32. The Morgan fingerprint density at radius 1 is 1.08 bits per heavy atom. The normalized spacial score (nSPS) is 10.9. The van der Waals surface area contributed by atoms with Crippen molar-refractivity contribution in [2.24, 2.45) is 5.73 Å². The molecule has 0 aliphatic carbocycles. The van der Waals surface area contributed by atoms with Crippen molar-refractivity contribution in [2.75, 3.05) is 13.7 Å². The number of esters is 1. The predicted molar refractivity (Wildman–Crippen MR) is 91.1 cm³/mol. The zero-order chi connectivity index (χ0) is 17.3. The number of ether oxygens (including phenoxy) is 2. The minimum Gasteiger partial charge on any atom is -0.481 e. The molecule has 3 aromatic rings. The summed E-state index contributed by atoms with van der Waals surface area (Å²) in [5.74, 6) is -0.455. The van der Waals surface area contributed by atoms with Crippen LogP contribution in [0.4, 0.5) is 0 Å². The average Bonchev–Trinajstić information content (AvgIpc) is 2.93. The highest BCUT2D eigenvalue weighted by Gasteiger charge is 2.19. The van der Waals surface area contributed by atoms with Gasteiger partial charge in [-0.3, -0.25) is 4.79 Å². The van der Waals surface area contributed by atoms with E-state index in [1.54, 1.807) is 12.1 Å². The molecule has 0 spiro atoms. The quantitative estimate of drug-likeness (QED) is 0.730. The number of methoxy groups -OCH3 is 1. The first kappa shape index (κ1) is 15.9. The highest BCUT2D eigenvalue weighted by atomic mass is 16.6. The molecule has 0 bridgehead atoms. The highest BCUT2D eigenvalue weighted by molar-refractivity contribution is 6.19. The van der Waals surface area contributed by atoms with Gasteiger partial charge < -0.3 is 19.8 Å². The molecule has 0 saturated carbocycles. The van der Waals surface area contributed by atoms with Gasteiger partial charge in [0.25, 0.3) is 0 Å². The molecule has 0 atom stereocenters. The van der Waals surface area contributed by atoms with Crippen molar-refractivity contribution in [1.29, 1.82) is 0 Å². The van der Waals surface area contributed by atoms with Gasteiger partial charge >= 0.3 is 5.97 Å². The van der Waals surface area contributed by atoms with Crippen molar-refractivity contribution in [3.05, 3.63) is 42.0 Å². The molecule has 0 saturated heterocycles. The van der Waals surface area contributed by atoms with Crippen LogP contribution in [0.2, 0.25) is 0 Å². The van der Waals surface area contributed by atoms with Gasteiger partial charge in [-0.05, 0) is 31.2 Å². The maximum atomic E-state index is 11.9. The number of aromatic nitrogens is 1. The van der Waals surface area contributed by atoms with Gasteiger partial charge in [0.1, 0.15) is 5.75 Å². The first-order valence-electron chi connectivity index (χ1n) is 7.61. The van der Waals surface area contributed by atoms with Crippen molar-refractivity contribution in [1.82, 2.24) is 4.57 Å². The molecule has 2 N–H and O–H groups in total. The van der Waals surface area contributed by atoms with Crippen molar-refractivity contribution in [2.45, 2.75) is 13.5 Å². The summed E-state index contributed by atoms with van der Waals surface area (Å²) >= 11 is 0.